The first-order valence-electron chi connectivity index (χ1n) is 10.6. The van der Waals surface area contributed by atoms with Crippen LogP contribution < -0.4 is 4.72 Å². The van der Waals surface area contributed by atoms with Crippen LogP contribution >= 0.6 is 0 Å². The number of carboxylic acid groups (broad SMARTS) is 1. The third kappa shape index (κ3) is 4.22. The quantitative estimate of drug-likeness (QED) is 0.591. The van der Waals surface area contributed by atoms with Gasteiger partial charge in [0.05, 0.1) is 4.90 Å². The van der Waals surface area contributed by atoms with Crippen molar-refractivity contribution in [2.45, 2.75) is 43.5 Å². The van der Waals surface area contributed by atoms with E-state index in [4.69, 9.17) is 9.40 Å². The van der Waals surface area contributed by atoms with Gasteiger partial charge in [-0.1, -0.05) is 32.0 Å². The van der Waals surface area contributed by atoms with Crippen molar-refractivity contribution < 1.29 is 22.7 Å². The molecule has 0 spiro atoms. The minimum Gasteiger partial charge on any atom is -0.465 e. The molecule has 2 aromatic carbocycles. The number of hydrogen-bond acceptors (Lipinski definition) is 5. The third-order valence-corrected chi connectivity index (χ3v) is 7.61. The summed E-state index contributed by atoms with van der Waals surface area (Å²) < 4.78 is 32.2. The smallest absolute Gasteiger partial charge is 0.407 e. The van der Waals surface area contributed by atoms with E-state index in [0.717, 1.165) is 16.6 Å². The maximum absolute atomic E-state index is 11.9. The number of aromatic nitrogens is 1. The molecule has 0 radical (unpaired) electrons. The van der Waals surface area contributed by atoms with E-state index in [-0.39, 0.29) is 22.8 Å². The Morgan fingerprint density at radius 3 is 2.50 bits per heavy atom. The number of likely N-dealkylation sites (tertiary alicyclic amines) is 1. The molecule has 1 amide bonds. The van der Waals surface area contributed by atoms with Crippen LogP contribution in [0.5, 0.6) is 0 Å². The van der Waals surface area contributed by atoms with E-state index in [1.165, 1.54) is 11.9 Å². The SMILES string of the molecule is CNS(=O)(=O)c1ccc(-c2ccc3oc(C4CCN(C(=O)O)C(C(C)C)C4)nc3c2)cc1. The van der Waals surface area contributed by atoms with Crippen LogP contribution in [-0.2, 0) is 10.0 Å². The van der Waals surface area contributed by atoms with E-state index in [9.17, 15) is 18.3 Å². The summed E-state index contributed by atoms with van der Waals surface area (Å²) >= 11 is 0. The van der Waals surface area contributed by atoms with Crippen molar-refractivity contribution in [2.75, 3.05) is 13.6 Å². The Hall–Kier alpha value is -2.91. The molecule has 32 heavy (non-hydrogen) atoms. The highest BCUT2D eigenvalue weighted by molar-refractivity contribution is 7.89. The first-order chi connectivity index (χ1) is 15.2. The number of carbonyl (C=O) groups is 1. The number of oxazole rings is 1. The van der Waals surface area contributed by atoms with Gasteiger partial charge in [-0.2, -0.15) is 0 Å². The van der Waals surface area contributed by atoms with Gasteiger partial charge < -0.3 is 14.4 Å². The molecule has 8 nitrogen and oxygen atoms in total. The zero-order chi connectivity index (χ0) is 23.0. The molecule has 0 aliphatic carbocycles. The fourth-order valence-electron chi connectivity index (χ4n) is 4.34. The minimum atomic E-state index is -3.48. The van der Waals surface area contributed by atoms with E-state index in [0.29, 0.717) is 30.9 Å². The van der Waals surface area contributed by atoms with Crippen molar-refractivity contribution in [2.24, 2.45) is 5.92 Å². The number of rotatable bonds is 5. The van der Waals surface area contributed by atoms with Crippen LogP contribution in [0.2, 0.25) is 0 Å². The fraction of sp³-hybridized carbons (Fsp3) is 0.391. The molecule has 1 aromatic heterocycles. The summed E-state index contributed by atoms with van der Waals surface area (Å²) in [5.41, 5.74) is 3.19. The molecule has 1 saturated heterocycles. The highest BCUT2D eigenvalue weighted by atomic mass is 32.2. The molecule has 2 heterocycles. The number of benzene rings is 2. The summed E-state index contributed by atoms with van der Waals surface area (Å²) in [6.45, 7) is 4.54. The largest absolute Gasteiger partial charge is 0.465 e. The Labute approximate surface area is 187 Å². The van der Waals surface area contributed by atoms with Gasteiger partial charge in [-0.3, -0.25) is 0 Å². The Morgan fingerprint density at radius 1 is 1.19 bits per heavy atom. The number of fused-ring (bicyclic) bond motifs is 1. The zero-order valence-electron chi connectivity index (χ0n) is 18.3. The van der Waals surface area contributed by atoms with Crippen LogP contribution in [0.25, 0.3) is 22.2 Å². The summed E-state index contributed by atoms with van der Waals surface area (Å²) in [5, 5.41) is 9.49. The molecule has 0 saturated carbocycles. The van der Waals surface area contributed by atoms with Crippen molar-refractivity contribution >= 4 is 27.2 Å². The molecule has 1 aliphatic heterocycles. The summed E-state index contributed by atoms with van der Waals surface area (Å²) in [5.74, 6) is 0.919. The molecule has 2 N–H and O–H groups in total. The lowest BCUT2D eigenvalue weighted by molar-refractivity contribution is 0.0794. The number of sulfonamides is 1. The lowest BCUT2D eigenvalue weighted by atomic mass is 9.85. The average Bonchev–Trinajstić information content (AvgIpc) is 3.22. The molecular weight excluding hydrogens is 430 g/mol. The number of nitrogens with one attached hydrogen (secondary N) is 1. The highest BCUT2D eigenvalue weighted by Crippen LogP contribution is 2.36. The van der Waals surface area contributed by atoms with E-state index in [2.05, 4.69) is 4.72 Å². The summed E-state index contributed by atoms with van der Waals surface area (Å²) in [6, 6.07) is 12.3. The number of nitrogens with zero attached hydrogens (tertiary/aromatic N) is 2. The average molecular weight is 458 g/mol. The normalized spacial score (nSPS) is 19.6. The van der Waals surface area contributed by atoms with Crippen molar-refractivity contribution in [1.29, 1.82) is 0 Å². The third-order valence-electron chi connectivity index (χ3n) is 6.18. The van der Waals surface area contributed by atoms with Crippen LogP contribution in [0.3, 0.4) is 0 Å². The van der Waals surface area contributed by atoms with Crippen molar-refractivity contribution in [1.82, 2.24) is 14.6 Å². The van der Waals surface area contributed by atoms with Gasteiger partial charge >= 0.3 is 6.09 Å². The monoisotopic (exact) mass is 457 g/mol. The lowest BCUT2D eigenvalue weighted by Gasteiger charge is -2.39. The van der Waals surface area contributed by atoms with Gasteiger partial charge in [0.1, 0.15) is 5.52 Å². The molecule has 170 valence electrons. The molecular formula is C23H27N3O5S. The Balaban J connectivity index is 1.59. The lowest BCUT2D eigenvalue weighted by Crippen LogP contribution is -2.47. The van der Waals surface area contributed by atoms with Gasteiger partial charge in [0, 0.05) is 18.5 Å². The Kier molecular flexibility index (Phi) is 5.96. The van der Waals surface area contributed by atoms with Gasteiger partial charge in [0.15, 0.2) is 11.5 Å². The van der Waals surface area contributed by atoms with Crippen LogP contribution in [0.15, 0.2) is 51.8 Å². The molecule has 2 atom stereocenters. The molecule has 4 rings (SSSR count). The van der Waals surface area contributed by atoms with E-state index >= 15 is 0 Å². The number of hydrogen-bond donors (Lipinski definition) is 2. The predicted octanol–water partition coefficient (Wildman–Crippen LogP) is 4.28. The van der Waals surface area contributed by atoms with Crippen molar-refractivity contribution in [3.05, 3.63) is 48.4 Å². The van der Waals surface area contributed by atoms with E-state index < -0.39 is 16.1 Å². The summed E-state index contributed by atoms with van der Waals surface area (Å²) in [4.78, 5) is 18.0. The molecule has 3 aromatic rings. The fourth-order valence-corrected chi connectivity index (χ4v) is 5.07. The van der Waals surface area contributed by atoms with Crippen LogP contribution in [0.4, 0.5) is 4.79 Å². The predicted molar refractivity (Wildman–Crippen MR) is 121 cm³/mol. The molecule has 0 bridgehead atoms. The van der Waals surface area contributed by atoms with Gasteiger partial charge in [0.25, 0.3) is 0 Å². The number of amides is 1. The molecule has 1 fully saturated rings. The maximum atomic E-state index is 11.9. The van der Waals surface area contributed by atoms with Crippen molar-refractivity contribution in [3.8, 4) is 11.1 Å². The van der Waals surface area contributed by atoms with Crippen molar-refractivity contribution in [3.63, 3.8) is 0 Å². The second-order valence-corrected chi connectivity index (χ2v) is 10.4. The summed E-state index contributed by atoms with van der Waals surface area (Å²) in [7, 11) is -2.10. The first-order valence-corrected chi connectivity index (χ1v) is 12.1. The number of piperidine rings is 1. The van der Waals surface area contributed by atoms with Crippen LogP contribution in [0, 0.1) is 5.92 Å². The zero-order valence-corrected chi connectivity index (χ0v) is 19.1. The molecule has 1 aliphatic rings. The standard InChI is InChI=1S/C23H27N3O5S/c1-14(2)20-13-17(10-11-26(20)23(27)28)22-25-19-12-16(6-9-21(19)31-22)15-4-7-18(8-5-15)32(29,30)24-3/h4-9,12,14,17,20,24H,10-11,13H2,1-3H3,(H,27,28). The van der Waals surface area contributed by atoms with Gasteiger partial charge in [-0.15, -0.1) is 0 Å². The van der Waals surface area contributed by atoms with Crippen LogP contribution in [0.1, 0.15) is 38.5 Å². The Bertz CT molecular complexity index is 1230. The first kappa shape index (κ1) is 22.3. The molecule has 2 unspecified atom stereocenters. The highest BCUT2D eigenvalue weighted by Gasteiger charge is 2.35. The van der Waals surface area contributed by atoms with E-state index in [1.807, 2.05) is 32.0 Å². The van der Waals surface area contributed by atoms with E-state index in [1.54, 1.807) is 24.3 Å². The summed E-state index contributed by atoms with van der Waals surface area (Å²) in [6.07, 6.45) is 0.486. The van der Waals surface area contributed by atoms with Gasteiger partial charge in [0.2, 0.25) is 10.0 Å². The second-order valence-electron chi connectivity index (χ2n) is 8.48. The van der Waals surface area contributed by atoms with Crippen LogP contribution in [-0.4, -0.2) is 49.1 Å². The molecule has 9 heteroatoms. The topological polar surface area (TPSA) is 113 Å². The maximum Gasteiger partial charge on any atom is 0.407 e. The Morgan fingerprint density at radius 2 is 1.88 bits per heavy atom. The second kappa shape index (κ2) is 8.55. The van der Waals surface area contributed by atoms with Gasteiger partial charge in [-0.25, -0.2) is 22.9 Å². The minimum absolute atomic E-state index is 0.0655. The van der Waals surface area contributed by atoms with Gasteiger partial charge in [-0.05, 0) is 61.2 Å².